The highest BCUT2D eigenvalue weighted by molar-refractivity contribution is 5.96. The summed E-state index contributed by atoms with van der Waals surface area (Å²) >= 11 is 0. The molecule has 0 aliphatic carbocycles. The fourth-order valence-electron chi connectivity index (χ4n) is 2.30. The lowest BCUT2D eigenvalue weighted by Crippen LogP contribution is -2.34. The molecule has 0 bridgehead atoms. The first kappa shape index (κ1) is 20.0. The molecule has 142 valence electrons. The zero-order valence-corrected chi connectivity index (χ0v) is 15.2. The number of ether oxygens (including phenoxy) is 2. The Bertz CT molecular complexity index is 775. The monoisotopic (exact) mass is 370 g/mol. The number of hydrogen-bond donors (Lipinski definition) is 2. The van der Waals surface area contributed by atoms with Crippen molar-refractivity contribution in [3.63, 3.8) is 0 Å². The number of amides is 2. The maximum atomic E-state index is 12.0. The SMILES string of the molecule is COc1ccc(C(=O)NCC(=O)OCC(=O)NC(C)c2ccccc2)cc1. The van der Waals surface area contributed by atoms with E-state index in [1.54, 1.807) is 24.3 Å². The number of benzene rings is 2. The highest BCUT2D eigenvalue weighted by Crippen LogP contribution is 2.11. The second kappa shape index (κ2) is 9.96. The zero-order valence-electron chi connectivity index (χ0n) is 15.2. The van der Waals surface area contributed by atoms with Gasteiger partial charge in [-0.25, -0.2) is 0 Å². The van der Waals surface area contributed by atoms with Crippen LogP contribution in [-0.2, 0) is 14.3 Å². The molecule has 0 saturated carbocycles. The molecule has 2 aromatic carbocycles. The van der Waals surface area contributed by atoms with Crippen LogP contribution in [0, 0.1) is 0 Å². The van der Waals surface area contributed by atoms with Gasteiger partial charge in [-0.3, -0.25) is 14.4 Å². The van der Waals surface area contributed by atoms with E-state index in [0.717, 1.165) is 5.56 Å². The average Bonchev–Trinajstić information content (AvgIpc) is 2.71. The molecular formula is C20H22N2O5. The van der Waals surface area contributed by atoms with Crippen LogP contribution < -0.4 is 15.4 Å². The summed E-state index contributed by atoms with van der Waals surface area (Å²) in [6, 6.07) is 15.7. The molecule has 2 N–H and O–H groups in total. The maximum Gasteiger partial charge on any atom is 0.325 e. The summed E-state index contributed by atoms with van der Waals surface area (Å²) in [6.45, 7) is 1.10. The summed E-state index contributed by atoms with van der Waals surface area (Å²) in [6.07, 6.45) is 0. The van der Waals surface area contributed by atoms with E-state index < -0.39 is 24.4 Å². The largest absolute Gasteiger partial charge is 0.497 e. The number of hydrogen-bond acceptors (Lipinski definition) is 5. The van der Waals surface area contributed by atoms with Crippen molar-refractivity contribution in [2.45, 2.75) is 13.0 Å². The first-order valence-corrected chi connectivity index (χ1v) is 8.41. The number of carbonyl (C=O) groups is 3. The van der Waals surface area contributed by atoms with Gasteiger partial charge in [-0.2, -0.15) is 0 Å². The van der Waals surface area contributed by atoms with Crippen molar-refractivity contribution in [2.24, 2.45) is 0 Å². The van der Waals surface area contributed by atoms with Crippen molar-refractivity contribution in [3.05, 3.63) is 65.7 Å². The van der Waals surface area contributed by atoms with Gasteiger partial charge in [0, 0.05) is 5.56 Å². The van der Waals surface area contributed by atoms with Gasteiger partial charge in [-0.1, -0.05) is 30.3 Å². The number of esters is 1. The Morgan fingerprint density at radius 3 is 2.30 bits per heavy atom. The van der Waals surface area contributed by atoms with Crippen LogP contribution in [0.2, 0.25) is 0 Å². The first-order chi connectivity index (χ1) is 13.0. The van der Waals surface area contributed by atoms with Crippen molar-refractivity contribution in [3.8, 4) is 5.75 Å². The van der Waals surface area contributed by atoms with E-state index >= 15 is 0 Å². The van der Waals surface area contributed by atoms with Crippen LogP contribution in [0.4, 0.5) is 0 Å². The quantitative estimate of drug-likeness (QED) is 0.692. The minimum absolute atomic E-state index is 0.202. The molecule has 0 aliphatic heterocycles. The predicted octanol–water partition coefficient (Wildman–Crippen LogP) is 1.85. The number of nitrogens with one attached hydrogen (secondary N) is 2. The molecule has 7 heteroatoms. The molecule has 0 fully saturated rings. The molecule has 2 rings (SSSR count). The second-order valence-electron chi connectivity index (χ2n) is 5.77. The molecule has 0 radical (unpaired) electrons. The summed E-state index contributed by atoms with van der Waals surface area (Å²) in [4.78, 5) is 35.5. The van der Waals surface area contributed by atoms with Crippen molar-refractivity contribution >= 4 is 17.8 Å². The Labute approximate surface area is 157 Å². The molecule has 1 unspecified atom stereocenters. The molecule has 1 atom stereocenters. The molecule has 0 aromatic heterocycles. The third-order valence-corrected chi connectivity index (χ3v) is 3.79. The van der Waals surface area contributed by atoms with Gasteiger partial charge in [-0.15, -0.1) is 0 Å². The summed E-state index contributed by atoms with van der Waals surface area (Å²) in [7, 11) is 1.53. The number of methoxy groups -OCH3 is 1. The number of carbonyl (C=O) groups excluding carboxylic acids is 3. The number of rotatable bonds is 8. The summed E-state index contributed by atoms with van der Waals surface area (Å²) in [5.74, 6) is -0.904. The van der Waals surface area contributed by atoms with E-state index in [4.69, 9.17) is 9.47 Å². The summed E-state index contributed by atoms with van der Waals surface area (Å²) < 4.78 is 9.89. The average molecular weight is 370 g/mol. The molecular weight excluding hydrogens is 348 g/mol. The van der Waals surface area contributed by atoms with Gasteiger partial charge in [0.15, 0.2) is 6.61 Å². The van der Waals surface area contributed by atoms with Crippen LogP contribution >= 0.6 is 0 Å². The molecule has 27 heavy (non-hydrogen) atoms. The van der Waals surface area contributed by atoms with Gasteiger partial charge in [0.1, 0.15) is 12.3 Å². The smallest absolute Gasteiger partial charge is 0.325 e. The van der Waals surface area contributed by atoms with Gasteiger partial charge in [-0.05, 0) is 36.8 Å². The van der Waals surface area contributed by atoms with E-state index in [1.165, 1.54) is 7.11 Å². The van der Waals surface area contributed by atoms with Crippen molar-refractivity contribution in [1.82, 2.24) is 10.6 Å². The second-order valence-corrected chi connectivity index (χ2v) is 5.77. The van der Waals surface area contributed by atoms with Crippen LogP contribution in [0.1, 0.15) is 28.9 Å². The van der Waals surface area contributed by atoms with Crippen LogP contribution in [0.25, 0.3) is 0 Å². The Morgan fingerprint density at radius 2 is 1.67 bits per heavy atom. The minimum Gasteiger partial charge on any atom is -0.497 e. The van der Waals surface area contributed by atoms with Crippen LogP contribution in [0.3, 0.4) is 0 Å². The predicted molar refractivity (Wildman–Crippen MR) is 99.3 cm³/mol. The lowest BCUT2D eigenvalue weighted by molar-refractivity contribution is -0.147. The Morgan fingerprint density at radius 1 is 1.00 bits per heavy atom. The van der Waals surface area contributed by atoms with Gasteiger partial charge < -0.3 is 20.1 Å². The van der Waals surface area contributed by atoms with E-state index in [0.29, 0.717) is 11.3 Å². The Kier molecular flexibility index (Phi) is 7.37. The lowest BCUT2D eigenvalue weighted by Gasteiger charge is -2.14. The summed E-state index contributed by atoms with van der Waals surface area (Å²) in [5.41, 5.74) is 1.34. The van der Waals surface area contributed by atoms with Gasteiger partial charge in [0.25, 0.3) is 11.8 Å². The third-order valence-electron chi connectivity index (χ3n) is 3.79. The van der Waals surface area contributed by atoms with E-state index in [-0.39, 0.29) is 12.6 Å². The van der Waals surface area contributed by atoms with Crippen molar-refractivity contribution in [2.75, 3.05) is 20.3 Å². The van der Waals surface area contributed by atoms with Gasteiger partial charge in [0.2, 0.25) is 0 Å². The van der Waals surface area contributed by atoms with Crippen LogP contribution in [-0.4, -0.2) is 38.0 Å². The first-order valence-electron chi connectivity index (χ1n) is 8.41. The third kappa shape index (κ3) is 6.47. The van der Waals surface area contributed by atoms with E-state index in [2.05, 4.69) is 10.6 Å². The van der Waals surface area contributed by atoms with Gasteiger partial charge >= 0.3 is 5.97 Å². The molecule has 0 heterocycles. The van der Waals surface area contributed by atoms with Crippen molar-refractivity contribution in [1.29, 1.82) is 0 Å². The Hall–Kier alpha value is -3.35. The standard InChI is InChI=1S/C20H22N2O5/c1-14(15-6-4-3-5-7-15)22-18(23)13-27-19(24)12-21-20(25)16-8-10-17(26-2)11-9-16/h3-11,14H,12-13H2,1-2H3,(H,21,25)(H,22,23). The van der Waals surface area contributed by atoms with Gasteiger partial charge in [0.05, 0.1) is 13.2 Å². The molecule has 7 nitrogen and oxygen atoms in total. The highest BCUT2D eigenvalue weighted by Gasteiger charge is 2.13. The maximum absolute atomic E-state index is 12.0. The zero-order chi connectivity index (χ0) is 19.6. The topological polar surface area (TPSA) is 93.7 Å². The molecule has 0 saturated heterocycles. The van der Waals surface area contributed by atoms with Crippen molar-refractivity contribution < 1.29 is 23.9 Å². The molecule has 0 spiro atoms. The fraction of sp³-hybridized carbons (Fsp3) is 0.250. The molecule has 0 aliphatic rings. The minimum atomic E-state index is -0.695. The fourth-order valence-corrected chi connectivity index (χ4v) is 2.30. The lowest BCUT2D eigenvalue weighted by atomic mass is 10.1. The van der Waals surface area contributed by atoms with E-state index in [9.17, 15) is 14.4 Å². The van der Waals surface area contributed by atoms with E-state index in [1.807, 2.05) is 37.3 Å². The van der Waals surface area contributed by atoms with Crippen LogP contribution in [0.5, 0.6) is 5.75 Å². The normalized spacial score (nSPS) is 11.2. The molecule has 2 amide bonds. The summed E-state index contributed by atoms with van der Waals surface area (Å²) in [5, 5.41) is 5.18. The highest BCUT2D eigenvalue weighted by atomic mass is 16.5. The Balaban J connectivity index is 1.70. The molecule has 2 aromatic rings. The van der Waals surface area contributed by atoms with Crippen LogP contribution in [0.15, 0.2) is 54.6 Å².